The molecule has 0 atom stereocenters. The third kappa shape index (κ3) is 3.42. The first-order valence-electron chi connectivity index (χ1n) is 7.75. The van der Waals surface area contributed by atoms with Crippen LogP contribution >= 0.6 is 22.7 Å². The molecule has 1 aromatic carbocycles. The Labute approximate surface area is 156 Å². The van der Waals surface area contributed by atoms with E-state index in [9.17, 15) is 9.18 Å². The van der Waals surface area contributed by atoms with Crippen LogP contribution in [0.5, 0.6) is 0 Å². The van der Waals surface area contributed by atoms with E-state index in [-0.39, 0.29) is 18.3 Å². The third-order valence-electron chi connectivity index (χ3n) is 3.72. The predicted octanol–water partition coefficient (Wildman–Crippen LogP) is 4.13. The number of hydrogen-bond acceptors (Lipinski definition) is 5. The van der Waals surface area contributed by atoms with Crippen molar-refractivity contribution in [1.82, 2.24) is 19.9 Å². The van der Waals surface area contributed by atoms with Gasteiger partial charge in [-0.1, -0.05) is 12.1 Å². The van der Waals surface area contributed by atoms with Crippen LogP contribution in [0.3, 0.4) is 0 Å². The zero-order valence-electron chi connectivity index (χ0n) is 13.4. The topological polar surface area (TPSA) is 59.8 Å². The number of benzene rings is 1. The fourth-order valence-corrected chi connectivity index (χ4v) is 4.05. The average molecular weight is 384 g/mol. The smallest absolute Gasteiger partial charge is 0.271 e. The van der Waals surface area contributed by atoms with Crippen molar-refractivity contribution >= 4 is 28.6 Å². The minimum Gasteiger partial charge on any atom is -0.347 e. The number of aromatic nitrogens is 3. The van der Waals surface area contributed by atoms with E-state index >= 15 is 0 Å². The summed E-state index contributed by atoms with van der Waals surface area (Å²) in [6.07, 6.45) is 4.80. The molecule has 3 heterocycles. The molecule has 26 heavy (non-hydrogen) atoms. The van der Waals surface area contributed by atoms with Crippen LogP contribution in [-0.4, -0.2) is 20.4 Å². The summed E-state index contributed by atoms with van der Waals surface area (Å²) in [6.45, 7) is 0.228. The fourth-order valence-electron chi connectivity index (χ4n) is 2.44. The second-order valence-electron chi connectivity index (χ2n) is 5.45. The van der Waals surface area contributed by atoms with Gasteiger partial charge in [-0.05, 0) is 29.1 Å². The molecule has 0 saturated heterocycles. The molecule has 0 unspecified atom stereocenters. The molecule has 0 radical (unpaired) electrons. The van der Waals surface area contributed by atoms with E-state index < -0.39 is 0 Å². The molecule has 8 heteroatoms. The number of halogens is 1. The van der Waals surface area contributed by atoms with E-state index in [2.05, 4.69) is 15.3 Å². The van der Waals surface area contributed by atoms with Gasteiger partial charge in [0.1, 0.15) is 16.5 Å². The molecule has 0 bridgehead atoms. The predicted molar refractivity (Wildman–Crippen MR) is 100 cm³/mol. The van der Waals surface area contributed by atoms with Crippen molar-refractivity contribution in [3.05, 3.63) is 76.9 Å². The number of rotatable bonds is 5. The van der Waals surface area contributed by atoms with Crippen LogP contribution in [0.25, 0.3) is 15.6 Å². The lowest BCUT2D eigenvalue weighted by atomic mass is 10.2. The van der Waals surface area contributed by atoms with Crippen molar-refractivity contribution < 1.29 is 9.18 Å². The number of thiazole rings is 1. The van der Waals surface area contributed by atoms with E-state index in [0.29, 0.717) is 16.9 Å². The summed E-state index contributed by atoms with van der Waals surface area (Å²) in [5, 5.41) is 7.30. The summed E-state index contributed by atoms with van der Waals surface area (Å²) in [4.78, 5) is 21.6. The van der Waals surface area contributed by atoms with E-state index in [0.717, 1.165) is 9.88 Å². The summed E-state index contributed by atoms with van der Waals surface area (Å²) in [7, 11) is 0. The molecule has 0 spiro atoms. The summed E-state index contributed by atoms with van der Waals surface area (Å²) in [5.74, 6) is -0.647. The zero-order valence-corrected chi connectivity index (χ0v) is 15.1. The first-order chi connectivity index (χ1) is 12.7. The van der Waals surface area contributed by atoms with E-state index in [1.54, 1.807) is 45.8 Å². The van der Waals surface area contributed by atoms with Gasteiger partial charge in [-0.25, -0.2) is 14.4 Å². The van der Waals surface area contributed by atoms with Crippen LogP contribution in [0.2, 0.25) is 0 Å². The Morgan fingerprint density at radius 1 is 1.27 bits per heavy atom. The minimum absolute atomic E-state index is 0.228. The van der Waals surface area contributed by atoms with Crippen molar-refractivity contribution in [3.63, 3.8) is 0 Å². The maximum absolute atomic E-state index is 14.3. The maximum Gasteiger partial charge on any atom is 0.271 e. The molecule has 0 aliphatic heterocycles. The highest BCUT2D eigenvalue weighted by Gasteiger charge is 2.13. The summed E-state index contributed by atoms with van der Waals surface area (Å²) in [5.41, 5.74) is 1.46. The monoisotopic (exact) mass is 384 g/mol. The highest BCUT2D eigenvalue weighted by molar-refractivity contribution is 7.20. The molecular formula is C18H13FN4OS2. The molecule has 3 aromatic heterocycles. The van der Waals surface area contributed by atoms with Gasteiger partial charge in [-0.3, -0.25) is 4.79 Å². The quantitative estimate of drug-likeness (QED) is 0.563. The van der Waals surface area contributed by atoms with Crippen molar-refractivity contribution in [2.75, 3.05) is 0 Å². The molecule has 5 nitrogen and oxygen atoms in total. The summed E-state index contributed by atoms with van der Waals surface area (Å²) < 4.78 is 15.8. The van der Waals surface area contributed by atoms with Crippen molar-refractivity contribution in [2.24, 2.45) is 0 Å². The first-order valence-corrected chi connectivity index (χ1v) is 9.51. The standard InChI is InChI=1S/C18H13FN4OS2/c19-13-8-12(3-4-15(13)23-6-5-20-11-23)9-21-17(24)14-10-26-18(22-14)16-2-1-7-25-16/h1-8,10-11H,9H2,(H,21,24). The van der Waals surface area contributed by atoms with Crippen LogP contribution < -0.4 is 5.32 Å². The maximum atomic E-state index is 14.3. The van der Waals surface area contributed by atoms with Crippen LogP contribution in [0.1, 0.15) is 16.1 Å². The van der Waals surface area contributed by atoms with Gasteiger partial charge in [0, 0.05) is 24.3 Å². The van der Waals surface area contributed by atoms with Crippen molar-refractivity contribution in [2.45, 2.75) is 6.54 Å². The molecule has 0 aliphatic rings. The molecule has 4 aromatic rings. The number of thiophene rings is 1. The van der Waals surface area contributed by atoms with Gasteiger partial charge in [0.15, 0.2) is 0 Å². The Balaban J connectivity index is 1.42. The second-order valence-corrected chi connectivity index (χ2v) is 7.26. The first kappa shape index (κ1) is 16.6. The van der Waals surface area contributed by atoms with Crippen molar-refractivity contribution in [3.8, 4) is 15.6 Å². The number of hydrogen-bond donors (Lipinski definition) is 1. The molecule has 0 saturated carbocycles. The number of carbonyl (C=O) groups is 1. The zero-order chi connectivity index (χ0) is 17.9. The number of nitrogens with zero attached hydrogens (tertiary/aromatic N) is 3. The van der Waals surface area contributed by atoms with Gasteiger partial charge in [0.25, 0.3) is 5.91 Å². The second kappa shape index (κ2) is 7.19. The lowest BCUT2D eigenvalue weighted by molar-refractivity contribution is 0.0946. The van der Waals surface area contributed by atoms with Crippen LogP contribution in [-0.2, 0) is 6.54 Å². The minimum atomic E-state index is -0.372. The van der Waals surface area contributed by atoms with Crippen LogP contribution in [0.15, 0.2) is 59.8 Å². The molecular weight excluding hydrogens is 371 g/mol. The molecule has 1 N–H and O–H groups in total. The molecule has 0 fully saturated rings. The Bertz CT molecular complexity index is 1030. The summed E-state index contributed by atoms with van der Waals surface area (Å²) in [6, 6.07) is 8.76. The highest BCUT2D eigenvalue weighted by atomic mass is 32.1. The number of imidazole rings is 1. The molecule has 0 aliphatic carbocycles. The van der Waals surface area contributed by atoms with E-state index in [4.69, 9.17) is 0 Å². The van der Waals surface area contributed by atoms with Gasteiger partial charge < -0.3 is 9.88 Å². The van der Waals surface area contributed by atoms with E-state index in [1.807, 2.05) is 17.5 Å². The average Bonchev–Trinajstić information content (AvgIpc) is 3.41. The normalized spacial score (nSPS) is 10.8. The number of nitrogens with one attached hydrogen (secondary N) is 1. The van der Waals surface area contributed by atoms with Gasteiger partial charge in [-0.2, -0.15) is 0 Å². The Kier molecular flexibility index (Phi) is 4.59. The third-order valence-corrected chi connectivity index (χ3v) is 5.60. The van der Waals surface area contributed by atoms with Gasteiger partial charge in [0.2, 0.25) is 0 Å². The number of carbonyl (C=O) groups excluding carboxylic acids is 1. The number of amides is 1. The Morgan fingerprint density at radius 3 is 2.92 bits per heavy atom. The molecule has 4 rings (SSSR count). The lowest BCUT2D eigenvalue weighted by Crippen LogP contribution is -2.23. The van der Waals surface area contributed by atoms with Crippen LogP contribution in [0.4, 0.5) is 4.39 Å². The molecule has 130 valence electrons. The SMILES string of the molecule is O=C(NCc1ccc(-n2ccnc2)c(F)c1)c1csc(-c2cccs2)n1. The van der Waals surface area contributed by atoms with Gasteiger partial charge in [0.05, 0.1) is 16.9 Å². The largest absolute Gasteiger partial charge is 0.347 e. The van der Waals surface area contributed by atoms with Crippen LogP contribution in [0, 0.1) is 5.82 Å². The van der Waals surface area contributed by atoms with Gasteiger partial charge in [-0.15, -0.1) is 22.7 Å². The molecule has 1 amide bonds. The Morgan fingerprint density at radius 2 is 2.19 bits per heavy atom. The summed E-state index contributed by atoms with van der Waals surface area (Å²) >= 11 is 3.01. The van der Waals surface area contributed by atoms with Crippen molar-refractivity contribution in [1.29, 1.82) is 0 Å². The Hall–Kier alpha value is -2.84. The van der Waals surface area contributed by atoms with Gasteiger partial charge >= 0.3 is 0 Å². The fraction of sp³-hybridized carbons (Fsp3) is 0.0556. The highest BCUT2D eigenvalue weighted by Crippen LogP contribution is 2.27. The van der Waals surface area contributed by atoms with E-state index in [1.165, 1.54) is 23.7 Å². The lowest BCUT2D eigenvalue weighted by Gasteiger charge is -2.07.